The van der Waals surface area contributed by atoms with Gasteiger partial charge >= 0.3 is 0 Å². The second kappa shape index (κ2) is 8.59. The Morgan fingerprint density at radius 1 is 1.40 bits per heavy atom. The lowest BCUT2D eigenvalue weighted by atomic mass is 10.1. The van der Waals surface area contributed by atoms with E-state index in [1.165, 1.54) is 0 Å². The van der Waals surface area contributed by atoms with Crippen LogP contribution >= 0.6 is 0 Å². The summed E-state index contributed by atoms with van der Waals surface area (Å²) in [7, 11) is 0. The summed E-state index contributed by atoms with van der Waals surface area (Å²) >= 11 is 0. The van der Waals surface area contributed by atoms with Crippen LogP contribution in [0.1, 0.15) is 32.3 Å². The maximum Gasteiger partial charge on any atom is 0.261 e. The Labute approximate surface area is 121 Å². The van der Waals surface area contributed by atoms with E-state index in [2.05, 4.69) is 5.32 Å². The fraction of sp³-hybridized carbons (Fsp3) is 0.562. The van der Waals surface area contributed by atoms with E-state index < -0.39 is 6.10 Å². The lowest BCUT2D eigenvalue weighted by Crippen LogP contribution is -2.40. The third-order valence-corrected chi connectivity index (χ3v) is 3.27. The minimum absolute atomic E-state index is 0.0967. The van der Waals surface area contributed by atoms with Gasteiger partial charge in [-0.3, -0.25) is 4.79 Å². The van der Waals surface area contributed by atoms with Crippen molar-refractivity contribution in [1.82, 2.24) is 5.32 Å². The molecule has 20 heavy (non-hydrogen) atoms. The summed E-state index contributed by atoms with van der Waals surface area (Å²) in [5.41, 5.74) is 1.02. The highest BCUT2D eigenvalue weighted by molar-refractivity contribution is 5.81. The van der Waals surface area contributed by atoms with Gasteiger partial charge in [-0.15, -0.1) is 0 Å². The van der Waals surface area contributed by atoms with Crippen molar-refractivity contribution in [1.29, 1.82) is 0 Å². The normalized spacial score (nSPS) is 13.6. The van der Waals surface area contributed by atoms with E-state index in [-0.39, 0.29) is 18.4 Å². The van der Waals surface area contributed by atoms with Crippen LogP contribution in [0.2, 0.25) is 0 Å². The SMILES string of the molecule is CCC(Oc1ccccc1C)C(=O)NCC(C)CCO. The molecule has 0 bridgehead atoms. The number of aliphatic hydroxyl groups excluding tert-OH is 1. The average Bonchev–Trinajstić information content (AvgIpc) is 2.44. The van der Waals surface area contributed by atoms with Crippen LogP contribution in [-0.2, 0) is 4.79 Å². The quantitative estimate of drug-likeness (QED) is 0.767. The molecule has 0 fully saturated rings. The number of amides is 1. The monoisotopic (exact) mass is 279 g/mol. The fourth-order valence-electron chi connectivity index (χ4n) is 1.88. The molecule has 4 heteroatoms. The van der Waals surface area contributed by atoms with E-state index in [1.807, 2.05) is 45.0 Å². The van der Waals surface area contributed by atoms with E-state index in [1.54, 1.807) is 0 Å². The maximum atomic E-state index is 12.1. The van der Waals surface area contributed by atoms with Crippen molar-refractivity contribution in [3.05, 3.63) is 29.8 Å². The lowest BCUT2D eigenvalue weighted by molar-refractivity contribution is -0.128. The standard InChI is InChI=1S/C16H25NO3/c1-4-14(16(19)17-11-12(2)9-10-18)20-15-8-6-5-7-13(15)3/h5-8,12,14,18H,4,9-11H2,1-3H3,(H,17,19). The molecule has 0 aliphatic rings. The molecule has 1 aromatic rings. The molecule has 2 N–H and O–H groups in total. The Morgan fingerprint density at radius 2 is 2.10 bits per heavy atom. The molecule has 0 saturated heterocycles. The number of aliphatic hydroxyl groups is 1. The van der Waals surface area contributed by atoms with E-state index in [0.717, 1.165) is 11.3 Å². The molecule has 2 atom stereocenters. The van der Waals surface area contributed by atoms with E-state index in [9.17, 15) is 4.79 Å². The van der Waals surface area contributed by atoms with E-state index in [0.29, 0.717) is 19.4 Å². The third kappa shape index (κ3) is 5.21. The number of hydrogen-bond donors (Lipinski definition) is 2. The van der Waals surface area contributed by atoms with Crippen molar-refractivity contribution in [2.45, 2.75) is 39.7 Å². The van der Waals surface area contributed by atoms with Gasteiger partial charge in [-0.1, -0.05) is 32.0 Å². The van der Waals surface area contributed by atoms with Gasteiger partial charge in [0.1, 0.15) is 5.75 Å². The Bertz CT molecular complexity index is 420. The van der Waals surface area contributed by atoms with Crippen LogP contribution in [0.15, 0.2) is 24.3 Å². The smallest absolute Gasteiger partial charge is 0.261 e. The summed E-state index contributed by atoms with van der Waals surface area (Å²) in [5, 5.41) is 11.7. The average molecular weight is 279 g/mol. The van der Waals surface area contributed by atoms with Gasteiger partial charge in [-0.05, 0) is 37.3 Å². The van der Waals surface area contributed by atoms with Gasteiger partial charge in [0, 0.05) is 13.2 Å². The molecule has 1 amide bonds. The molecule has 0 aromatic heterocycles. The van der Waals surface area contributed by atoms with Gasteiger partial charge in [-0.2, -0.15) is 0 Å². The molecular formula is C16H25NO3. The van der Waals surface area contributed by atoms with Crippen molar-refractivity contribution < 1.29 is 14.6 Å². The van der Waals surface area contributed by atoms with Crippen LogP contribution in [0, 0.1) is 12.8 Å². The van der Waals surface area contributed by atoms with Crippen molar-refractivity contribution >= 4 is 5.91 Å². The molecule has 0 heterocycles. The van der Waals surface area contributed by atoms with E-state index >= 15 is 0 Å². The molecule has 112 valence electrons. The zero-order valence-corrected chi connectivity index (χ0v) is 12.6. The number of aryl methyl sites for hydroxylation is 1. The summed E-state index contributed by atoms with van der Waals surface area (Å²) in [4.78, 5) is 12.1. The highest BCUT2D eigenvalue weighted by Gasteiger charge is 2.19. The van der Waals surface area contributed by atoms with Crippen LogP contribution in [-0.4, -0.2) is 30.3 Å². The molecule has 1 aromatic carbocycles. The number of carbonyl (C=O) groups is 1. The number of nitrogens with one attached hydrogen (secondary N) is 1. The van der Waals surface area contributed by atoms with Gasteiger partial charge < -0.3 is 15.2 Å². The number of rotatable bonds is 8. The number of benzene rings is 1. The van der Waals surface area contributed by atoms with Gasteiger partial charge in [0.15, 0.2) is 6.10 Å². The number of para-hydroxylation sites is 1. The Hall–Kier alpha value is -1.55. The second-order valence-electron chi connectivity index (χ2n) is 5.14. The number of ether oxygens (including phenoxy) is 1. The molecule has 0 radical (unpaired) electrons. The lowest BCUT2D eigenvalue weighted by Gasteiger charge is -2.19. The molecule has 2 unspecified atom stereocenters. The molecular weight excluding hydrogens is 254 g/mol. The first kappa shape index (κ1) is 16.5. The summed E-state index contributed by atoms with van der Waals surface area (Å²) in [6, 6.07) is 7.68. The summed E-state index contributed by atoms with van der Waals surface area (Å²) < 4.78 is 5.79. The van der Waals surface area contributed by atoms with Crippen molar-refractivity contribution in [2.75, 3.05) is 13.2 Å². The maximum absolute atomic E-state index is 12.1. The van der Waals surface area contributed by atoms with Gasteiger partial charge in [0.25, 0.3) is 5.91 Å². The predicted octanol–water partition coefficient (Wildman–Crippen LogP) is 2.29. The first-order valence-corrected chi connectivity index (χ1v) is 7.19. The highest BCUT2D eigenvalue weighted by Crippen LogP contribution is 2.18. The second-order valence-corrected chi connectivity index (χ2v) is 5.14. The first-order valence-electron chi connectivity index (χ1n) is 7.19. The van der Waals surface area contributed by atoms with Crippen LogP contribution in [0.3, 0.4) is 0 Å². The van der Waals surface area contributed by atoms with Crippen LogP contribution in [0.4, 0.5) is 0 Å². The molecule has 0 aliphatic heterocycles. The van der Waals surface area contributed by atoms with Crippen molar-refractivity contribution in [3.63, 3.8) is 0 Å². The number of carbonyl (C=O) groups excluding carboxylic acids is 1. The van der Waals surface area contributed by atoms with Crippen LogP contribution in [0.25, 0.3) is 0 Å². The summed E-state index contributed by atoms with van der Waals surface area (Å²) in [6.45, 7) is 6.60. The molecule has 1 rings (SSSR count). The van der Waals surface area contributed by atoms with E-state index in [4.69, 9.17) is 9.84 Å². The summed E-state index contributed by atoms with van der Waals surface area (Å²) in [6.07, 6.45) is 0.835. The van der Waals surface area contributed by atoms with Crippen LogP contribution < -0.4 is 10.1 Å². The zero-order valence-electron chi connectivity index (χ0n) is 12.6. The first-order chi connectivity index (χ1) is 9.58. The van der Waals surface area contributed by atoms with Crippen molar-refractivity contribution in [3.8, 4) is 5.75 Å². The zero-order chi connectivity index (χ0) is 15.0. The number of hydrogen-bond acceptors (Lipinski definition) is 3. The van der Waals surface area contributed by atoms with Gasteiger partial charge in [-0.25, -0.2) is 0 Å². The Balaban J connectivity index is 2.53. The molecule has 4 nitrogen and oxygen atoms in total. The van der Waals surface area contributed by atoms with Crippen LogP contribution in [0.5, 0.6) is 5.75 Å². The van der Waals surface area contributed by atoms with Crippen molar-refractivity contribution in [2.24, 2.45) is 5.92 Å². The largest absolute Gasteiger partial charge is 0.480 e. The van der Waals surface area contributed by atoms with Gasteiger partial charge in [0.2, 0.25) is 0 Å². The predicted molar refractivity (Wildman–Crippen MR) is 79.8 cm³/mol. The molecule has 0 aliphatic carbocycles. The Kier molecular flexibility index (Phi) is 7.09. The Morgan fingerprint density at radius 3 is 2.70 bits per heavy atom. The minimum atomic E-state index is -0.475. The molecule has 0 spiro atoms. The highest BCUT2D eigenvalue weighted by atomic mass is 16.5. The fourth-order valence-corrected chi connectivity index (χ4v) is 1.88. The minimum Gasteiger partial charge on any atom is -0.480 e. The van der Waals surface area contributed by atoms with Gasteiger partial charge in [0.05, 0.1) is 0 Å². The molecule has 0 saturated carbocycles. The third-order valence-electron chi connectivity index (χ3n) is 3.27. The summed E-state index contributed by atoms with van der Waals surface area (Å²) in [5.74, 6) is 0.915. The topological polar surface area (TPSA) is 58.6 Å².